The average molecular weight is 355 g/mol. The number of nitrogens with one attached hydrogen (secondary N) is 1. The van der Waals surface area contributed by atoms with E-state index in [4.69, 9.17) is 4.74 Å². The Hall–Kier alpha value is -2.60. The van der Waals surface area contributed by atoms with Gasteiger partial charge >= 0.3 is 6.09 Å². The Kier molecular flexibility index (Phi) is 6.07. The normalized spacial score (nSPS) is 19.8. The number of benzene rings is 1. The highest BCUT2D eigenvalue weighted by Gasteiger charge is 2.30. The van der Waals surface area contributed by atoms with Crippen molar-refractivity contribution in [1.29, 1.82) is 0 Å². The van der Waals surface area contributed by atoms with Gasteiger partial charge in [-0.25, -0.2) is 4.79 Å². The predicted octanol–water partition coefficient (Wildman–Crippen LogP) is 2.82. The van der Waals surface area contributed by atoms with Gasteiger partial charge in [-0.2, -0.15) is 0 Å². The summed E-state index contributed by atoms with van der Waals surface area (Å²) < 4.78 is 5.37. The molecule has 138 valence electrons. The summed E-state index contributed by atoms with van der Waals surface area (Å²) in [7, 11) is 0. The van der Waals surface area contributed by atoms with E-state index in [0.717, 1.165) is 17.7 Å². The Bertz CT molecular complexity index is 706. The van der Waals surface area contributed by atoms with E-state index in [9.17, 15) is 9.90 Å². The fourth-order valence-corrected chi connectivity index (χ4v) is 3.02. The molecule has 6 nitrogen and oxygen atoms in total. The second-order valence-corrected chi connectivity index (χ2v) is 6.72. The van der Waals surface area contributed by atoms with Gasteiger partial charge in [0.2, 0.25) is 0 Å². The average Bonchev–Trinajstić information content (AvgIpc) is 2.67. The molecular weight excluding hydrogens is 330 g/mol. The van der Waals surface area contributed by atoms with E-state index in [-0.39, 0.29) is 18.6 Å². The van der Waals surface area contributed by atoms with Crippen molar-refractivity contribution in [2.24, 2.45) is 5.92 Å². The van der Waals surface area contributed by atoms with E-state index in [0.29, 0.717) is 19.6 Å². The minimum atomic E-state index is -0.565. The first-order valence-corrected chi connectivity index (χ1v) is 8.91. The van der Waals surface area contributed by atoms with Crippen LogP contribution >= 0.6 is 0 Å². The highest BCUT2D eigenvalue weighted by molar-refractivity contribution is 5.67. The lowest BCUT2D eigenvalue weighted by molar-refractivity contribution is 0.0175. The lowest BCUT2D eigenvalue weighted by atomic mass is 9.94. The molecule has 1 aromatic heterocycles. The maximum Gasteiger partial charge on any atom is 0.410 e. The Morgan fingerprint density at radius 2 is 2.00 bits per heavy atom. The molecule has 2 N–H and O–H groups in total. The number of pyridine rings is 1. The third-order valence-corrected chi connectivity index (χ3v) is 4.71. The molecule has 1 saturated heterocycles. The fourth-order valence-electron chi connectivity index (χ4n) is 3.02. The molecule has 6 heteroatoms. The monoisotopic (exact) mass is 355 g/mol. The van der Waals surface area contributed by atoms with E-state index in [1.807, 2.05) is 43.3 Å². The molecular formula is C20H25N3O3. The van der Waals surface area contributed by atoms with Gasteiger partial charge in [-0.1, -0.05) is 29.8 Å². The van der Waals surface area contributed by atoms with Gasteiger partial charge in [-0.05, 0) is 31.0 Å². The summed E-state index contributed by atoms with van der Waals surface area (Å²) in [6.07, 6.45) is 3.26. The minimum absolute atomic E-state index is 0.101. The van der Waals surface area contributed by atoms with Crippen molar-refractivity contribution < 1.29 is 14.6 Å². The smallest absolute Gasteiger partial charge is 0.410 e. The largest absolute Gasteiger partial charge is 0.445 e. The molecule has 0 bridgehead atoms. The molecule has 2 aromatic rings. The number of ether oxygens (including phenoxy) is 1. The van der Waals surface area contributed by atoms with Gasteiger partial charge in [0.1, 0.15) is 6.61 Å². The summed E-state index contributed by atoms with van der Waals surface area (Å²) in [5.74, 6) is 0.101. The standard InChI is InChI=1S/C20H25N3O3/c1-15-2-4-16(5-3-15)14-26-20(25)23-11-8-17(19(24)13-23)12-22-18-6-9-21-10-7-18/h2-7,9-10,17,19,24H,8,11-14H2,1H3,(H,21,22). The lowest BCUT2D eigenvalue weighted by Gasteiger charge is -2.35. The van der Waals surface area contributed by atoms with E-state index < -0.39 is 6.10 Å². The number of hydrogen-bond acceptors (Lipinski definition) is 5. The van der Waals surface area contributed by atoms with Crippen molar-refractivity contribution in [3.8, 4) is 0 Å². The van der Waals surface area contributed by atoms with E-state index in [1.165, 1.54) is 5.56 Å². The molecule has 0 spiro atoms. The zero-order valence-electron chi connectivity index (χ0n) is 15.0. The number of piperidine rings is 1. The van der Waals surface area contributed by atoms with E-state index >= 15 is 0 Å². The number of rotatable bonds is 5. The number of likely N-dealkylation sites (tertiary alicyclic amines) is 1. The number of carbonyl (C=O) groups is 1. The molecule has 0 aliphatic carbocycles. The third-order valence-electron chi connectivity index (χ3n) is 4.71. The molecule has 2 heterocycles. The molecule has 1 aromatic carbocycles. The van der Waals surface area contributed by atoms with E-state index in [2.05, 4.69) is 10.3 Å². The molecule has 1 aliphatic heterocycles. The van der Waals surface area contributed by atoms with E-state index in [1.54, 1.807) is 17.3 Å². The number of nitrogens with zero attached hydrogens (tertiary/aromatic N) is 2. The predicted molar refractivity (Wildman–Crippen MR) is 99.8 cm³/mol. The first-order chi connectivity index (χ1) is 12.6. The molecule has 2 atom stereocenters. The SMILES string of the molecule is Cc1ccc(COC(=O)N2CCC(CNc3ccncc3)C(O)C2)cc1. The van der Waals surface area contributed by atoms with Crippen LogP contribution < -0.4 is 5.32 Å². The maximum atomic E-state index is 12.2. The number of aliphatic hydroxyl groups excluding tert-OH is 1. The van der Waals surface area contributed by atoms with Crippen LogP contribution in [0.15, 0.2) is 48.8 Å². The molecule has 1 fully saturated rings. The van der Waals surface area contributed by atoms with Crippen molar-refractivity contribution >= 4 is 11.8 Å². The zero-order chi connectivity index (χ0) is 18.4. The summed E-state index contributed by atoms with van der Waals surface area (Å²) in [6.45, 7) is 3.82. The van der Waals surface area contributed by atoms with Gasteiger partial charge in [0.05, 0.1) is 12.6 Å². The molecule has 2 unspecified atom stereocenters. The maximum absolute atomic E-state index is 12.2. The van der Waals surface area contributed by atoms with Gasteiger partial charge in [0.25, 0.3) is 0 Å². The van der Waals surface area contributed by atoms with Crippen molar-refractivity contribution in [3.05, 3.63) is 59.9 Å². The fraction of sp³-hybridized carbons (Fsp3) is 0.400. The van der Waals surface area contributed by atoms with Gasteiger partial charge in [-0.3, -0.25) is 4.98 Å². The van der Waals surface area contributed by atoms with Crippen LogP contribution in [-0.2, 0) is 11.3 Å². The third kappa shape index (κ3) is 4.95. The number of carbonyl (C=O) groups excluding carboxylic acids is 1. The summed E-state index contributed by atoms with van der Waals surface area (Å²) >= 11 is 0. The Labute approximate surface area is 153 Å². The first-order valence-electron chi connectivity index (χ1n) is 8.91. The molecule has 0 radical (unpaired) electrons. The van der Waals surface area contributed by atoms with Crippen LogP contribution in [0.25, 0.3) is 0 Å². The number of anilines is 1. The van der Waals surface area contributed by atoms with Gasteiger partial charge in [0.15, 0.2) is 0 Å². The number of amides is 1. The molecule has 1 amide bonds. The summed E-state index contributed by atoms with van der Waals surface area (Å²) in [5.41, 5.74) is 3.11. The van der Waals surface area contributed by atoms with Crippen LogP contribution in [0, 0.1) is 12.8 Å². The van der Waals surface area contributed by atoms with Crippen molar-refractivity contribution in [1.82, 2.24) is 9.88 Å². The van der Waals surface area contributed by atoms with Crippen LogP contribution in [0.2, 0.25) is 0 Å². The Morgan fingerprint density at radius 1 is 1.27 bits per heavy atom. The summed E-state index contributed by atoms with van der Waals surface area (Å²) in [4.78, 5) is 17.8. The lowest BCUT2D eigenvalue weighted by Crippen LogP contribution is -2.48. The highest BCUT2D eigenvalue weighted by Crippen LogP contribution is 2.20. The number of aromatic nitrogens is 1. The van der Waals surface area contributed by atoms with Crippen LogP contribution in [0.1, 0.15) is 17.5 Å². The van der Waals surface area contributed by atoms with Crippen molar-refractivity contribution in [2.75, 3.05) is 25.0 Å². The second kappa shape index (κ2) is 8.67. The Balaban J connectivity index is 1.43. The van der Waals surface area contributed by atoms with Gasteiger partial charge in [0, 0.05) is 37.1 Å². The quantitative estimate of drug-likeness (QED) is 0.863. The minimum Gasteiger partial charge on any atom is -0.445 e. The molecule has 3 rings (SSSR count). The van der Waals surface area contributed by atoms with Crippen LogP contribution in [0.4, 0.5) is 10.5 Å². The summed E-state index contributed by atoms with van der Waals surface area (Å²) in [5, 5.41) is 13.7. The van der Waals surface area contributed by atoms with Crippen LogP contribution in [-0.4, -0.2) is 46.8 Å². The zero-order valence-corrected chi connectivity index (χ0v) is 15.0. The number of hydrogen-bond donors (Lipinski definition) is 2. The van der Waals surface area contributed by atoms with Gasteiger partial charge in [-0.15, -0.1) is 0 Å². The van der Waals surface area contributed by atoms with Crippen molar-refractivity contribution in [2.45, 2.75) is 26.1 Å². The second-order valence-electron chi connectivity index (χ2n) is 6.72. The highest BCUT2D eigenvalue weighted by atomic mass is 16.6. The van der Waals surface area contributed by atoms with Gasteiger partial charge < -0.3 is 20.1 Å². The number of aryl methyl sites for hydroxylation is 1. The molecule has 0 saturated carbocycles. The number of β-amino-alcohol motifs (C(OH)–C–C–N with tert-alkyl or cyclic N) is 1. The summed E-state index contributed by atoms with van der Waals surface area (Å²) in [6, 6.07) is 11.7. The van der Waals surface area contributed by atoms with Crippen LogP contribution in [0.3, 0.4) is 0 Å². The Morgan fingerprint density at radius 3 is 2.69 bits per heavy atom. The molecule has 1 aliphatic rings. The number of aliphatic hydroxyl groups is 1. The van der Waals surface area contributed by atoms with Crippen LogP contribution in [0.5, 0.6) is 0 Å². The van der Waals surface area contributed by atoms with Crippen molar-refractivity contribution in [3.63, 3.8) is 0 Å². The molecule has 26 heavy (non-hydrogen) atoms. The topological polar surface area (TPSA) is 74.7 Å². The first kappa shape index (κ1) is 18.2.